The van der Waals surface area contributed by atoms with Crippen LogP contribution in [0.1, 0.15) is 12.5 Å². The summed E-state index contributed by atoms with van der Waals surface area (Å²) in [6.45, 7) is 5.90. The van der Waals surface area contributed by atoms with Gasteiger partial charge in [0.25, 0.3) is 0 Å². The van der Waals surface area contributed by atoms with E-state index in [-0.39, 0.29) is 36.6 Å². The number of nitrogens with two attached hydrogens (primary N) is 1. The number of rotatable bonds is 5. The highest BCUT2D eigenvalue weighted by molar-refractivity contribution is 5.85. The summed E-state index contributed by atoms with van der Waals surface area (Å²) in [5.74, 6) is 0.777. The van der Waals surface area contributed by atoms with Crippen molar-refractivity contribution in [3.8, 4) is 0 Å². The molecule has 0 radical (unpaired) electrons. The Bertz CT molecular complexity index is 439. The van der Waals surface area contributed by atoms with Crippen molar-refractivity contribution >= 4 is 36.5 Å². The summed E-state index contributed by atoms with van der Waals surface area (Å²) >= 11 is 0. The van der Waals surface area contributed by atoms with Crippen LogP contribution in [0.4, 0.5) is 5.82 Å². The molecule has 6 nitrogen and oxygen atoms in total. The van der Waals surface area contributed by atoms with Gasteiger partial charge >= 0.3 is 0 Å². The van der Waals surface area contributed by atoms with Crippen molar-refractivity contribution in [1.29, 1.82) is 0 Å². The van der Waals surface area contributed by atoms with Crippen LogP contribution in [-0.4, -0.2) is 43.7 Å². The first-order valence-electron chi connectivity index (χ1n) is 6.96. The molecule has 1 aliphatic heterocycles. The summed E-state index contributed by atoms with van der Waals surface area (Å²) in [7, 11) is 0. The molecular weight excluding hydrogens is 327 g/mol. The number of morpholine rings is 1. The Labute approximate surface area is 143 Å². The van der Waals surface area contributed by atoms with E-state index in [0.717, 1.165) is 37.7 Å². The molecule has 1 aromatic rings. The van der Waals surface area contributed by atoms with E-state index in [1.54, 1.807) is 6.20 Å². The molecule has 1 aliphatic rings. The van der Waals surface area contributed by atoms with Crippen LogP contribution in [0, 0.1) is 5.92 Å². The maximum Gasteiger partial charge on any atom is 0.224 e. The largest absolute Gasteiger partial charge is 0.378 e. The van der Waals surface area contributed by atoms with E-state index >= 15 is 0 Å². The van der Waals surface area contributed by atoms with Crippen LogP contribution >= 0.6 is 24.8 Å². The van der Waals surface area contributed by atoms with Gasteiger partial charge in [-0.15, -0.1) is 24.8 Å². The van der Waals surface area contributed by atoms with Crippen LogP contribution in [0.25, 0.3) is 0 Å². The summed E-state index contributed by atoms with van der Waals surface area (Å²) in [4.78, 5) is 18.3. The number of carbonyl (C=O) groups is 1. The molecule has 1 saturated heterocycles. The van der Waals surface area contributed by atoms with E-state index in [0.29, 0.717) is 13.1 Å². The molecule has 2 rings (SSSR count). The van der Waals surface area contributed by atoms with Crippen molar-refractivity contribution in [2.75, 3.05) is 37.7 Å². The van der Waals surface area contributed by atoms with Crippen LogP contribution in [0.2, 0.25) is 0 Å². The number of hydrogen-bond acceptors (Lipinski definition) is 5. The van der Waals surface area contributed by atoms with Crippen LogP contribution in [0.3, 0.4) is 0 Å². The predicted molar refractivity (Wildman–Crippen MR) is 91.8 cm³/mol. The molecule has 1 atom stereocenters. The van der Waals surface area contributed by atoms with Gasteiger partial charge in [0.15, 0.2) is 0 Å². The van der Waals surface area contributed by atoms with E-state index in [1.807, 2.05) is 19.1 Å². The van der Waals surface area contributed by atoms with Crippen molar-refractivity contribution in [3.63, 3.8) is 0 Å². The number of amides is 1. The monoisotopic (exact) mass is 350 g/mol. The summed E-state index contributed by atoms with van der Waals surface area (Å²) in [6, 6.07) is 3.98. The van der Waals surface area contributed by atoms with Crippen molar-refractivity contribution in [2.24, 2.45) is 11.7 Å². The fraction of sp³-hybridized carbons (Fsp3) is 0.571. The lowest BCUT2D eigenvalue weighted by atomic mass is 10.1. The lowest BCUT2D eigenvalue weighted by Crippen LogP contribution is -2.36. The molecule has 3 N–H and O–H groups in total. The standard InChI is InChI=1S/C14H22N4O2.2ClH/c1-11(8-15)14(19)17-10-12-2-3-13(16-9-12)18-4-6-20-7-5-18;;/h2-3,9,11H,4-8,10,15H2,1H3,(H,17,19);2*1H. The molecule has 1 amide bonds. The van der Waals surface area contributed by atoms with Gasteiger partial charge in [-0.3, -0.25) is 4.79 Å². The lowest BCUT2D eigenvalue weighted by Gasteiger charge is -2.27. The Morgan fingerprint density at radius 1 is 1.41 bits per heavy atom. The summed E-state index contributed by atoms with van der Waals surface area (Å²) in [5, 5.41) is 2.86. The number of nitrogens with one attached hydrogen (secondary N) is 1. The predicted octanol–water partition coefficient (Wildman–Crippen LogP) is 0.973. The van der Waals surface area contributed by atoms with E-state index in [1.165, 1.54) is 0 Å². The molecule has 0 bridgehead atoms. The lowest BCUT2D eigenvalue weighted by molar-refractivity contribution is -0.124. The zero-order valence-corrected chi connectivity index (χ0v) is 14.3. The Morgan fingerprint density at radius 2 is 2.09 bits per heavy atom. The first kappa shape index (κ1) is 20.9. The fourth-order valence-electron chi connectivity index (χ4n) is 1.97. The van der Waals surface area contributed by atoms with Crippen molar-refractivity contribution in [3.05, 3.63) is 23.9 Å². The van der Waals surface area contributed by atoms with Gasteiger partial charge < -0.3 is 20.7 Å². The van der Waals surface area contributed by atoms with E-state index in [4.69, 9.17) is 10.5 Å². The average molecular weight is 351 g/mol. The average Bonchev–Trinajstić information content (AvgIpc) is 2.53. The molecule has 0 saturated carbocycles. The van der Waals surface area contributed by atoms with Gasteiger partial charge in [-0.05, 0) is 11.6 Å². The van der Waals surface area contributed by atoms with Gasteiger partial charge in [0.1, 0.15) is 5.82 Å². The third-order valence-corrected chi connectivity index (χ3v) is 3.41. The molecular formula is C14H24Cl2N4O2. The number of ether oxygens (including phenoxy) is 1. The van der Waals surface area contributed by atoms with Gasteiger partial charge in [0.05, 0.1) is 13.2 Å². The maximum absolute atomic E-state index is 11.6. The zero-order chi connectivity index (χ0) is 14.4. The Kier molecular flexibility index (Phi) is 10.1. The molecule has 0 aliphatic carbocycles. The van der Waals surface area contributed by atoms with E-state index in [2.05, 4.69) is 15.2 Å². The molecule has 0 aromatic carbocycles. The second kappa shape index (κ2) is 10.6. The van der Waals surface area contributed by atoms with Gasteiger partial charge in [0, 0.05) is 38.3 Å². The number of aromatic nitrogens is 1. The first-order chi connectivity index (χ1) is 9.70. The minimum atomic E-state index is -0.157. The van der Waals surface area contributed by atoms with Crippen molar-refractivity contribution in [1.82, 2.24) is 10.3 Å². The second-order valence-electron chi connectivity index (χ2n) is 4.98. The topological polar surface area (TPSA) is 80.5 Å². The summed E-state index contributed by atoms with van der Waals surface area (Å²) in [6.07, 6.45) is 1.80. The Morgan fingerprint density at radius 3 is 2.64 bits per heavy atom. The van der Waals surface area contributed by atoms with Crippen LogP contribution in [-0.2, 0) is 16.1 Å². The van der Waals surface area contributed by atoms with Crippen LogP contribution < -0.4 is 16.0 Å². The number of nitrogens with zero attached hydrogens (tertiary/aromatic N) is 2. The Hall–Kier alpha value is -1.08. The molecule has 1 unspecified atom stereocenters. The highest BCUT2D eigenvalue weighted by atomic mass is 35.5. The van der Waals surface area contributed by atoms with Gasteiger partial charge in [-0.2, -0.15) is 0 Å². The van der Waals surface area contributed by atoms with Crippen LogP contribution in [0.15, 0.2) is 18.3 Å². The van der Waals surface area contributed by atoms with Crippen molar-refractivity contribution < 1.29 is 9.53 Å². The first-order valence-corrected chi connectivity index (χ1v) is 6.96. The maximum atomic E-state index is 11.6. The number of halogens is 2. The van der Waals surface area contributed by atoms with E-state index < -0.39 is 0 Å². The molecule has 0 spiro atoms. The minimum absolute atomic E-state index is 0. The third-order valence-electron chi connectivity index (χ3n) is 3.41. The molecule has 22 heavy (non-hydrogen) atoms. The Balaban J connectivity index is 0.00000220. The van der Waals surface area contributed by atoms with Gasteiger partial charge in [0.2, 0.25) is 5.91 Å². The number of hydrogen-bond donors (Lipinski definition) is 2. The summed E-state index contributed by atoms with van der Waals surface area (Å²) < 4.78 is 5.32. The molecule has 126 valence electrons. The molecule has 1 fully saturated rings. The van der Waals surface area contributed by atoms with Gasteiger partial charge in [-0.1, -0.05) is 13.0 Å². The number of pyridine rings is 1. The zero-order valence-electron chi connectivity index (χ0n) is 12.7. The van der Waals surface area contributed by atoms with Gasteiger partial charge in [-0.25, -0.2) is 4.98 Å². The van der Waals surface area contributed by atoms with E-state index in [9.17, 15) is 4.79 Å². The van der Waals surface area contributed by atoms with Crippen LogP contribution in [0.5, 0.6) is 0 Å². The fourth-order valence-corrected chi connectivity index (χ4v) is 1.97. The third kappa shape index (κ3) is 5.96. The highest BCUT2D eigenvalue weighted by Gasteiger charge is 2.13. The molecule has 2 heterocycles. The summed E-state index contributed by atoms with van der Waals surface area (Å²) in [5.41, 5.74) is 6.44. The number of anilines is 1. The normalized spacial score (nSPS) is 15.3. The SMILES string of the molecule is CC(CN)C(=O)NCc1ccc(N2CCOCC2)nc1.Cl.Cl. The highest BCUT2D eigenvalue weighted by Crippen LogP contribution is 2.13. The quantitative estimate of drug-likeness (QED) is 0.826. The smallest absolute Gasteiger partial charge is 0.224 e. The minimum Gasteiger partial charge on any atom is -0.378 e. The number of carbonyl (C=O) groups excluding carboxylic acids is 1. The molecule has 1 aromatic heterocycles. The molecule has 8 heteroatoms. The second-order valence-corrected chi connectivity index (χ2v) is 4.98. The van der Waals surface area contributed by atoms with Crippen molar-refractivity contribution in [2.45, 2.75) is 13.5 Å².